The summed E-state index contributed by atoms with van der Waals surface area (Å²) in [4.78, 5) is 27.3. The summed E-state index contributed by atoms with van der Waals surface area (Å²) in [5, 5.41) is 11.6. The van der Waals surface area contributed by atoms with Crippen LogP contribution in [-0.4, -0.2) is 40.1 Å². The van der Waals surface area contributed by atoms with Crippen molar-refractivity contribution in [2.75, 3.05) is 24.3 Å². The van der Waals surface area contributed by atoms with E-state index in [0.717, 1.165) is 17.3 Å². The van der Waals surface area contributed by atoms with Crippen LogP contribution in [0.5, 0.6) is 11.5 Å². The molecule has 10 heteroatoms. The van der Waals surface area contributed by atoms with E-state index in [0.29, 0.717) is 41.0 Å². The molecule has 4 rings (SSSR count). The van der Waals surface area contributed by atoms with Crippen molar-refractivity contribution in [3.8, 4) is 22.8 Å². The Labute approximate surface area is 181 Å². The van der Waals surface area contributed by atoms with Gasteiger partial charge < -0.3 is 14.8 Å². The van der Waals surface area contributed by atoms with Crippen LogP contribution in [0, 0.1) is 6.92 Å². The molecule has 0 saturated heterocycles. The minimum absolute atomic E-state index is 0.0555. The number of thioether (sulfide) groups is 1. The molecule has 1 aliphatic heterocycles. The largest absolute Gasteiger partial charge is 0.486 e. The number of aromatic nitrogens is 3. The summed E-state index contributed by atoms with van der Waals surface area (Å²) in [6.45, 7) is 2.81. The summed E-state index contributed by atoms with van der Waals surface area (Å²) in [5.41, 5.74) is 1.86. The van der Waals surface area contributed by atoms with Gasteiger partial charge in [-0.2, -0.15) is 0 Å². The van der Waals surface area contributed by atoms with E-state index in [1.165, 1.54) is 0 Å². The van der Waals surface area contributed by atoms with Gasteiger partial charge in [-0.05, 0) is 42.8 Å². The summed E-state index contributed by atoms with van der Waals surface area (Å²) < 4.78 is 11.0. The van der Waals surface area contributed by atoms with Crippen molar-refractivity contribution < 1.29 is 14.3 Å². The molecule has 0 atom stereocenters. The first-order chi connectivity index (χ1) is 14.5. The van der Waals surface area contributed by atoms with Crippen LogP contribution >= 0.6 is 23.4 Å². The first-order valence-corrected chi connectivity index (χ1v) is 10.4. The third-order valence-corrected chi connectivity index (χ3v) is 5.40. The second-order valence-electron chi connectivity index (χ2n) is 6.46. The Morgan fingerprint density at radius 2 is 1.97 bits per heavy atom. The predicted molar refractivity (Wildman–Crippen MR) is 115 cm³/mol. The fourth-order valence-corrected chi connectivity index (χ4v) is 3.59. The molecule has 0 bridgehead atoms. The minimum atomic E-state index is -0.407. The molecular weight excluding hydrogens is 428 g/mol. The van der Waals surface area contributed by atoms with E-state index in [9.17, 15) is 9.59 Å². The average molecular weight is 445 g/mol. The number of nitrogens with one attached hydrogen (secondary N) is 2. The van der Waals surface area contributed by atoms with Crippen molar-refractivity contribution in [2.45, 2.75) is 12.1 Å². The number of aromatic amines is 1. The number of ether oxygens (including phenoxy) is 2. The van der Waals surface area contributed by atoms with Crippen LogP contribution in [0.3, 0.4) is 0 Å². The van der Waals surface area contributed by atoms with Crippen LogP contribution in [0.25, 0.3) is 11.3 Å². The summed E-state index contributed by atoms with van der Waals surface area (Å²) in [6, 6.07) is 10.4. The number of fused-ring (bicyclic) bond motifs is 1. The predicted octanol–water partition coefficient (Wildman–Crippen LogP) is 3.30. The maximum Gasteiger partial charge on any atom is 0.278 e. The van der Waals surface area contributed by atoms with E-state index in [2.05, 4.69) is 20.5 Å². The summed E-state index contributed by atoms with van der Waals surface area (Å²) in [7, 11) is 0. The Morgan fingerprint density at radius 1 is 1.17 bits per heavy atom. The summed E-state index contributed by atoms with van der Waals surface area (Å²) in [5.74, 6) is 0.998. The topological polar surface area (TPSA) is 106 Å². The number of benzene rings is 2. The molecule has 1 aliphatic rings. The van der Waals surface area contributed by atoms with Gasteiger partial charge in [0.25, 0.3) is 5.56 Å². The molecule has 1 aromatic heterocycles. The lowest BCUT2D eigenvalue weighted by Crippen LogP contribution is -2.18. The van der Waals surface area contributed by atoms with Gasteiger partial charge in [-0.3, -0.25) is 14.6 Å². The number of carbonyl (C=O) groups excluding carboxylic acids is 1. The van der Waals surface area contributed by atoms with Gasteiger partial charge in [-0.15, -0.1) is 10.2 Å². The van der Waals surface area contributed by atoms with E-state index in [1.54, 1.807) is 30.3 Å². The first kappa shape index (κ1) is 20.2. The van der Waals surface area contributed by atoms with Crippen LogP contribution < -0.4 is 20.3 Å². The molecule has 0 spiro atoms. The number of aryl methyl sites for hydroxylation is 1. The van der Waals surface area contributed by atoms with Crippen LogP contribution in [-0.2, 0) is 4.79 Å². The van der Waals surface area contributed by atoms with Gasteiger partial charge in [-0.25, -0.2) is 0 Å². The Hall–Kier alpha value is -3.04. The number of H-pyrrole nitrogens is 1. The monoisotopic (exact) mass is 444 g/mol. The van der Waals surface area contributed by atoms with E-state index in [1.807, 2.05) is 13.0 Å². The third kappa shape index (κ3) is 4.58. The van der Waals surface area contributed by atoms with Gasteiger partial charge in [0, 0.05) is 16.3 Å². The lowest BCUT2D eigenvalue weighted by Gasteiger charge is -2.18. The molecule has 8 nitrogen and oxygen atoms in total. The Balaban J connectivity index is 1.43. The third-order valence-electron chi connectivity index (χ3n) is 4.31. The molecule has 2 N–H and O–H groups in total. The van der Waals surface area contributed by atoms with Gasteiger partial charge in [-0.1, -0.05) is 29.4 Å². The molecule has 0 unspecified atom stereocenters. The molecule has 1 amide bonds. The zero-order valence-electron chi connectivity index (χ0n) is 15.9. The SMILES string of the molecule is Cc1ccc(Cl)cc1NC(=O)CSc1nnc(-c2ccc3c(c2)OCCO3)c(=O)[nH]1. The standard InChI is InChI=1S/C20H17ClN4O4S/c1-11-2-4-13(21)9-14(11)22-17(26)10-30-20-23-19(27)18(24-25-20)12-3-5-15-16(8-12)29-7-6-28-15/h2-5,8-9H,6-7,10H2,1H3,(H,22,26)(H,23,25,27). The van der Waals surface area contributed by atoms with Gasteiger partial charge in [0.2, 0.25) is 5.91 Å². The molecule has 0 radical (unpaired) electrons. The number of anilines is 1. The molecule has 30 heavy (non-hydrogen) atoms. The highest BCUT2D eigenvalue weighted by Gasteiger charge is 2.16. The van der Waals surface area contributed by atoms with Crippen LogP contribution in [0.2, 0.25) is 5.02 Å². The second-order valence-corrected chi connectivity index (χ2v) is 7.86. The van der Waals surface area contributed by atoms with Crippen LogP contribution in [0.4, 0.5) is 5.69 Å². The fraction of sp³-hybridized carbons (Fsp3) is 0.200. The number of hydrogen-bond donors (Lipinski definition) is 2. The number of halogens is 1. The minimum Gasteiger partial charge on any atom is -0.486 e. The zero-order valence-corrected chi connectivity index (χ0v) is 17.5. The smallest absolute Gasteiger partial charge is 0.278 e. The zero-order chi connectivity index (χ0) is 21.1. The van der Waals surface area contributed by atoms with Gasteiger partial charge in [0.1, 0.15) is 13.2 Å². The maximum absolute atomic E-state index is 12.5. The number of hydrogen-bond acceptors (Lipinski definition) is 7. The van der Waals surface area contributed by atoms with Crippen LogP contribution in [0.1, 0.15) is 5.56 Å². The highest BCUT2D eigenvalue weighted by atomic mass is 35.5. The van der Waals surface area contributed by atoms with Gasteiger partial charge in [0.05, 0.1) is 5.75 Å². The Morgan fingerprint density at radius 3 is 2.77 bits per heavy atom. The lowest BCUT2D eigenvalue weighted by molar-refractivity contribution is -0.113. The summed E-state index contributed by atoms with van der Waals surface area (Å²) >= 11 is 7.05. The average Bonchev–Trinajstić information content (AvgIpc) is 2.74. The number of amides is 1. The van der Waals surface area contributed by atoms with Crippen LogP contribution in [0.15, 0.2) is 46.3 Å². The molecule has 3 aromatic rings. The number of nitrogens with zero attached hydrogens (tertiary/aromatic N) is 2. The van der Waals surface area contributed by atoms with E-state index >= 15 is 0 Å². The number of rotatable bonds is 5. The molecule has 0 aliphatic carbocycles. The molecule has 2 aromatic carbocycles. The van der Waals surface area contributed by atoms with Crippen molar-refractivity contribution in [3.63, 3.8) is 0 Å². The van der Waals surface area contributed by atoms with Crippen molar-refractivity contribution in [3.05, 3.63) is 57.3 Å². The van der Waals surface area contributed by atoms with Gasteiger partial charge >= 0.3 is 0 Å². The van der Waals surface area contributed by atoms with Crippen molar-refractivity contribution in [2.24, 2.45) is 0 Å². The van der Waals surface area contributed by atoms with Gasteiger partial charge in [0.15, 0.2) is 22.3 Å². The molecular formula is C20H17ClN4O4S. The quantitative estimate of drug-likeness (QED) is 0.581. The Bertz CT molecular complexity index is 1170. The first-order valence-electron chi connectivity index (χ1n) is 9.05. The lowest BCUT2D eigenvalue weighted by atomic mass is 10.1. The summed E-state index contributed by atoms with van der Waals surface area (Å²) in [6.07, 6.45) is 0. The highest BCUT2D eigenvalue weighted by molar-refractivity contribution is 7.99. The fourth-order valence-electron chi connectivity index (χ4n) is 2.82. The van der Waals surface area contributed by atoms with E-state index in [-0.39, 0.29) is 22.5 Å². The maximum atomic E-state index is 12.5. The molecule has 154 valence electrons. The molecule has 2 heterocycles. The normalized spacial score (nSPS) is 12.5. The van der Waals surface area contributed by atoms with E-state index in [4.69, 9.17) is 21.1 Å². The molecule has 0 fully saturated rings. The molecule has 0 saturated carbocycles. The van der Waals surface area contributed by atoms with Crippen molar-refractivity contribution >= 4 is 35.0 Å². The Kier molecular flexibility index (Phi) is 5.91. The second kappa shape index (κ2) is 8.76. The number of carbonyl (C=O) groups is 1. The van der Waals surface area contributed by atoms with Crippen molar-refractivity contribution in [1.82, 2.24) is 15.2 Å². The van der Waals surface area contributed by atoms with E-state index < -0.39 is 5.56 Å². The van der Waals surface area contributed by atoms with Crippen molar-refractivity contribution in [1.29, 1.82) is 0 Å². The highest BCUT2D eigenvalue weighted by Crippen LogP contribution is 2.33.